The highest BCUT2D eigenvalue weighted by Crippen LogP contribution is 2.25. The number of nitrogens with zero attached hydrogens (tertiary/aromatic N) is 1. The average Bonchev–Trinajstić information content (AvgIpc) is 2.92. The molecule has 2 aliphatic rings. The number of amides is 2. The van der Waals surface area contributed by atoms with Crippen LogP contribution in [0.15, 0.2) is 0 Å². The second-order valence-electron chi connectivity index (χ2n) is 5.90. The van der Waals surface area contributed by atoms with Crippen LogP contribution >= 0.6 is 0 Å². The van der Waals surface area contributed by atoms with E-state index in [1.165, 1.54) is 4.90 Å². The number of carbonyl (C=O) groups is 4. The predicted molar refractivity (Wildman–Crippen MR) is 76.4 cm³/mol. The van der Waals surface area contributed by atoms with Gasteiger partial charge in [-0.25, -0.2) is 9.59 Å². The lowest BCUT2D eigenvalue weighted by atomic mass is 9.90. The van der Waals surface area contributed by atoms with Crippen LogP contribution in [0.25, 0.3) is 0 Å². The third kappa shape index (κ3) is 5.61. The van der Waals surface area contributed by atoms with Gasteiger partial charge in [-0.1, -0.05) is 6.92 Å². The van der Waals surface area contributed by atoms with Crippen LogP contribution in [0.5, 0.6) is 0 Å². The topological polar surface area (TPSA) is 124 Å². The lowest BCUT2D eigenvalue weighted by Crippen LogP contribution is -2.56. The molecule has 0 bridgehead atoms. The second kappa shape index (κ2) is 8.17. The van der Waals surface area contributed by atoms with Gasteiger partial charge in [-0.15, -0.1) is 0 Å². The van der Waals surface area contributed by atoms with E-state index in [1.807, 2.05) is 6.92 Å². The first-order valence-electron chi connectivity index (χ1n) is 7.58. The summed E-state index contributed by atoms with van der Waals surface area (Å²) in [7, 11) is 0. The van der Waals surface area contributed by atoms with E-state index >= 15 is 0 Å². The lowest BCUT2D eigenvalue weighted by Gasteiger charge is -2.38. The Balaban J connectivity index is 0.000000381. The molecular weight excluding hydrogens is 349 g/mol. The fourth-order valence-corrected chi connectivity index (χ4v) is 2.81. The number of alkyl halides is 3. The van der Waals surface area contributed by atoms with E-state index in [9.17, 15) is 32.7 Å². The number of rotatable bonds is 2. The molecule has 11 heteroatoms. The Bertz CT molecular complexity index is 551. The molecule has 3 atom stereocenters. The molecule has 0 aliphatic carbocycles. The first-order valence-corrected chi connectivity index (χ1v) is 7.58. The van der Waals surface area contributed by atoms with Crippen molar-refractivity contribution in [1.29, 1.82) is 0 Å². The zero-order chi connectivity index (χ0) is 19.4. The number of aliphatic carboxylic acids is 2. The Labute approximate surface area is 141 Å². The average molecular weight is 368 g/mol. The van der Waals surface area contributed by atoms with Crippen LogP contribution in [-0.2, 0) is 19.2 Å². The van der Waals surface area contributed by atoms with Crippen molar-refractivity contribution in [1.82, 2.24) is 10.2 Å². The van der Waals surface area contributed by atoms with Gasteiger partial charge in [-0.05, 0) is 25.2 Å². The van der Waals surface area contributed by atoms with Gasteiger partial charge in [0.25, 0.3) is 0 Å². The summed E-state index contributed by atoms with van der Waals surface area (Å²) in [6.07, 6.45) is -2.64. The van der Waals surface area contributed by atoms with Crippen LogP contribution in [0, 0.1) is 5.92 Å². The molecular formula is C14H19F3N2O6. The van der Waals surface area contributed by atoms with E-state index in [2.05, 4.69) is 5.32 Å². The number of carboxylic acid groups (broad SMARTS) is 2. The first-order chi connectivity index (χ1) is 11.4. The normalized spacial score (nSPS) is 26.3. The summed E-state index contributed by atoms with van der Waals surface area (Å²) in [5, 5.41) is 19.0. The summed E-state index contributed by atoms with van der Waals surface area (Å²) in [6, 6.07) is -1.30. The molecule has 2 fully saturated rings. The molecule has 142 valence electrons. The number of likely N-dealkylation sites (tertiary alicyclic amines) is 1. The van der Waals surface area contributed by atoms with Crippen LogP contribution in [0.3, 0.4) is 0 Å². The Hall–Kier alpha value is -2.33. The van der Waals surface area contributed by atoms with Crippen LogP contribution < -0.4 is 5.32 Å². The van der Waals surface area contributed by atoms with E-state index in [4.69, 9.17) is 9.90 Å². The summed E-state index contributed by atoms with van der Waals surface area (Å²) in [5.74, 6) is -4.14. The highest BCUT2D eigenvalue weighted by molar-refractivity contribution is 5.93. The second-order valence-corrected chi connectivity index (χ2v) is 5.90. The van der Waals surface area contributed by atoms with Crippen molar-refractivity contribution in [2.45, 2.75) is 50.9 Å². The molecule has 0 saturated carbocycles. The molecule has 2 amide bonds. The van der Waals surface area contributed by atoms with Gasteiger partial charge in [0.1, 0.15) is 12.1 Å². The molecule has 25 heavy (non-hydrogen) atoms. The fourth-order valence-electron chi connectivity index (χ4n) is 2.81. The molecule has 2 unspecified atom stereocenters. The van der Waals surface area contributed by atoms with Crippen LogP contribution in [0.2, 0.25) is 0 Å². The van der Waals surface area contributed by atoms with Gasteiger partial charge in [0.2, 0.25) is 11.8 Å². The van der Waals surface area contributed by atoms with Gasteiger partial charge in [0.15, 0.2) is 0 Å². The van der Waals surface area contributed by atoms with Gasteiger partial charge in [0, 0.05) is 13.0 Å². The van der Waals surface area contributed by atoms with E-state index in [0.717, 1.165) is 12.8 Å². The molecule has 2 heterocycles. The van der Waals surface area contributed by atoms with Crippen molar-refractivity contribution in [2.75, 3.05) is 6.54 Å². The van der Waals surface area contributed by atoms with Gasteiger partial charge in [0.05, 0.1) is 0 Å². The van der Waals surface area contributed by atoms with E-state index in [1.54, 1.807) is 0 Å². The SMILES string of the molecule is CC1CCCN(C(=O)[C@@H]2CCC(=O)N2)C1C(=O)O.O=C(O)C(F)(F)F. The minimum atomic E-state index is -5.08. The Morgan fingerprint density at radius 3 is 2.16 bits per heavy atom. The van der Waals surface area contributed by atoms with Gasteiger partial charge >= 0.3 is 18.1 Å². The highest BCUT2D eigenvalue weighted by Gasteiger charge is 2.41. The van der Waals surface area contributed by atoms with Gasteiger partial charge in [-0.2, -0.15) is 13.2 Å². The van der Waals surface area contributed by atoms with Crippen LogP contribution in [0.4, 0.5) is 13.2 Å². The van der Waals surface area contributed by atoms with Crippen molar-refractivity contribution in [3.63, 3.8) is 0 Å². The van der Waals surface area contributed by atoms with Crippen molar-refractivity contribution in [2.24, 2.45) is 5.92 Å². The van der Waals surface area contributed by atoms with Crippen molar-refractivity contribution in [3.8, 4) is 0 Å². The quantitative estimate of drug-likeness (QED) is 0.656. The van der Waals surface area contributed by atoms with Crippen molar-refractivity contribution >= 4 is 23.8 Å². The Kier molecular flexibility index (Phi) is 6.77. The molecule has 2 aliphatic heterocycles. The Morgan fingerprint density at radius 2 is 1.76 bits per heavy atom. The van der Waals surface area contributed by atoms with Crippen molar-refractivity contribution < 1.29 is 42.6 Å². The minimum Gasteiger partial charge on any atom is -0.480 e. The molecule has 8 nitrogen and oxygen atoms in total. The summed E-state index contributed by atoms with van der Waals surface area (Å²) in [5.41, 5.74) is 0. The molecule has 0 radical (unpaired) electrons. The van der Waals surface area contributed by atoms with Gasteiger partial charge < -0.3 is 20.4 Å². The third-order valence-electron chi connectivity index (χ3n) is 4.01. The lowest BCUT2D eigenvalue weighted by molar-refractivity contribution is -0.192. The number of nitrogens with one attached hydrogen (secondary N) is 1. The maximum absolute atomic E-state index is 12.3. The predicted octanol–water partition coefficient (Wildman–Crippen LogP) is 0.610. The molecule has 2 saturated heterocycles. The largest absolute Gasteiger partial charge is 0.490 e. The zero-order valence-corrected chi connectivity index (χ0v) is 13.4. The smallest absolute Gasteiger partial charge is 0.480 e. The van der Waals surface area contributed by atoms with Crippen LogP contribution in [-0.4, -0.2) is 63.7 Å². The molecule has 2 rings (SSSR count). The number of carboxylic acids is 2. The first kappa shape index (κ1) is 20.7. The van der Waals surface area contributed by atoms with E-state index in [-0.39, 0.29) is 17.7 Å². The number of hydrogen-bond donors (Lipinski definition) is 3. The zero-order valence-electron chi connectivity index (χ0n) is 13.4. The standard InChI is InChI=1S/C12H18N2O4.C2HF3O2/c1-7-3-2-6-14(10(7)12(17)18)11(16)8-4-5-9(15)13-8;3-2(4,5)1(6)7/h7-8,10H,2-6H2,1H3,(H,13,15)(H,17,18);(H,6,7)/t7?,8-,10?;/m0./s1. The highest BCUT2D eigenvalue weighted by atomic mass is 19.4. The maximum atomic E-state index is 12.3. The monoisotopic (exact) mass is 368 g/mol. The summed E-state index contributed by atoms with van der Waals surface area (Å²) >= 11 is 0. The summed E-state index contributed by atoms with van der Waals surface area (Å²) in [6.45, 7) is 2.32. The summed E-state index contributed by atoms with van der Waals surface area (Å²) < 4.78 is 31.7. The van der Waals surface area contributed by atoms with Crippen molar-refractivity contribution in [3.05, 3.63) is 0 Å². The molecule has 0 spiro atoms. The molecule has 0 aromatic heterocycles. The molecule has 0 aromatic carbocycles. The fraction of sp³-hybridized carbons (Fsp3) is 0.714. The maximum Gasteiger partial charge on any atom is 0.490 e. The number of halogens is 3. The third-order valence-corrected chi connectivity index (χ3v) is 4.01. The summed E-state index contributed by atoms with van der Waals surface area (Å²) in [4.78, 5) is 45.0. The molecule has 3 N–H and O–H groups in total. The van der Waals surface area contributed by atoms with Crippen LogP contribution in [0.1, 0.15) is 32.6 Å². The number of piperidine rings is 1. The van der Waals surface area contributed by atoms with E-state index in [0.29, 0.717) is 19.4 Å². The van der Waals surface area contributed by atoms with E-state index < -0.39 is 30.2 Å². The number of carbonyl (C=O) groups excluding carboxylic acids is 2. The number of hydrogen-bond acceptors (Lipinski definition) is 4. The van der Waals surface area contributed by atoms with Gasteiger partial charge in [-0.3, -0.25) is 9.59 Å². The Morgan fingerprint density at radius 1 is 1.20 bits per heavy atom. The minimum absolute atomic E-state index is 0.0442. The molecule has 0 aromatic rings.